The van der Waals surface area contributed by atoms with Gasteiger partial charge in [0.15, 0.2) is 0 Å². The average Bonchev–Trinajstić information content (AvgIpc) is 2.96. The van der Waals surface area contributed by atoms with Crippen molar-refractivity contribution in [1.82, 2.24) is 9.80 Å². The maximum atomic E-state index is 14.7. The van der Waals surface area contributed by atoms with Gasteiger partial charge in [0.2, 0.25) is 0 Å². The van der Waals surface area contributed by atoms with E-state index < -0.39 is 24.3 Å². The first-order valence-electron chi connectivity index (χ1n) is 15.5. The highest BCUT2D eigenvalue weighted by molar-refractivity contribution is 5.71. The van der Waals surface area contributed by atoms with Crippen molar-refractivity contribution in [3.8, 4) is 0 Å². The molecule has 43 heavy (non-hydrogen) atoms. The van der Waals surface area contributed by atoms with Crippen molar-refractivity contribution in [1.29, 1.82) is 0 Å². The lowest BCUT2D eigenvalue weighted by atomic mass is 9.91. The Morgan fingerprint density at radius 1 is 1.07 bits per heavy atom. The van der Waals surface area contributed by atoms with Gasteiger partial charge in [0.05, 0.1) is 25.2 Å². The number of piperazine rings is 1. The van der Waals surface area contributed by atoms with Gasteiger partial charge in [-0.2, -0.15) is 0 Å². The van der Waals surface area contributed by atoms with Gasteiger partial charge in [0.1, 0.15) is 18.0 Å². The number of aliphatic hydroxyl groups excluding tert-OH is 1. The molecule has 0 radical (unpaired) electrons. The van der Waals surface area contributed by atoms with E-state index in [1.807, 2.05) is 59.0 Å². The molecule has 2 saturated heterocycles. The molecular formula is C33H48FN3O6. The molecule has 0 bridgehead atoms. The molecule has 238 valence electrons. The molecule has 3 aliphatic rings. The highest BCUT2D eigenvalue weighted by atomic mass is 19.1. The number of hydrogen-bond donors (Lipinski definition) is 1. The van der Waals surface area contributed by atoms with Gasteiger partial charge < -0.3 is 34.0 Å². The van der Waals surface area contributed by atoms with Crippen LogP contribution in [0.15, 0.2) is 35.9 Å². The monoisotopic (exact) mass is 601 g/mol. The van der Waals surface area contributed by atoms with E-state index in [4.69, 9.17) is 14.2 Å². The van der Waals surface area contributed by atoms with Crippen LogP contribution in [-0.2, 0) is 19.0 Å². The molecule has 0 saturated carbocycles. The molecule has 0 aliphatic carbocycles. The molecule has 4 rings (SSSR count). The van der Waals surface area contributed by atoms with Crippen molar-refractivity contribution < 1.29 is 33.3 Å². The maximum absolute atomic E-state index is 14.7. The molecule has 1 aromatic rings. The number of amides is 1. The number of esters is 1. The first-order chi connectivity index (χ1) is 20.5. The normalized spacial score (nSPS) is 31.0. The standard InChI is InChI=1S/C33H48FN3O6/c1-22-6-8-29(38)20-31(39)43-32(23(2)7-9-30(22)42-33(40)36-12-10-35(5)11-13-36)24(3)16-26-17-27(34)19-28(18-26)37-14-15-41-25(4)21-37/h7,9,16-19,22-23,25,29-30,32,38H,6,8,10-15,20-21H2,1-5H3/b9-7+,24-16+/t22-,23+,25+,29+,30-,32+/m1/s1. The number of aliphatic hydroxyl groups is 1. The van der Waals surface area contributed by atoms with Crippen molar-refractivity contribution >= 4 is 23.8 Å². The van der Waals surface area contributed by atoms with Gasteiger partial charge in [-0.1, -0.05) is 26.0 Å². The van der Waals surface area contributed by atoms with Crippen LogP contribution in [0.4, 0.5) is 14.9 Å². The van der Waals surface area contributed by atoms with Crippen LogP contribution in [0.25, 0.3) is 6.08 Å². The van der Waals surface area contributed by atoms with Crippen molar-refractivity contribution in [2.75, 3.05) is 57.8 Å². The molecule has 3 aliphatic heterocycles. The Labute approximate surface area is 255 Å². The number of anilines is 1. The van der Waals surface area contributed by atoms with E-state index in [1.54, 1.807) is 4.90 Å². The van der Waals surface area contributed by atoms with Gasteiger partial charge in [-0.05, 0) is 75.1 Å². The summed E-state index contributed by atoms with van der Waals surface area (Å²) in [6.07, 6.45) is 4.19. The molecule has 6 atom stereocenters. The third-order valence-corrected chi connectivity index (χ3v) is 8.61. The number of halogens is 1. The minimum Gasteiger partial charge on any atom is -0.457 e. The third kappa shape index (κ3) is 9.52. The summed E-state index contributed by atoms with van der Waals surface area (Å²) in [6.45, 7) is 12.5. The quantitative estimate of drug-likeness (QED) is 0.399. The van der Waals surface area contributed by atoms with Gasteiger partial charge >= 0.3 is 12.1 Å². The highest BCUT2D eigenvalue weighted by Crippen LogP contribution is 2.28. The van der Waals surface area contributed by atoms with E-state index in [1.165, 1.54) is 12.1 Å². The first kappa shape index (κ1) is 33.0. The molecule has 0 spiro atoms. The second-order valence-electron chi connectivity index (χ2n) is 12.5. The highest BCUT2D eigenvalue weighted by Gasteiger charge is 2.29. The molecule has 0 aromatic heterocycles. The summed E-state index contributed by atoms with van der Waals surface area (Å²) in [7, 11) is 2.03. The summed E-state index contributed by atoms with van der Waals surface area (Å²) in [5.74, 6) is -1.17. The number of carbonyl (C=O) groups excluding carboxylic acids is 2. The molecule has 9 nitrogen and oxygen atoms in total. The molecule has 1 N–H and O–H groups in total. The number of likely N-dealkylation sites (N-methyl/N-ethyl adjacent to an activating group) is 1. The zero-order valence-corrected chi connectivity index (χ0v) is 26.2. The number of ether oxygens (including phenoxy) is 3. The topological polar surface area (TPSA) is 91.8 Å². The van der Waals surface area contributed by atoms with Crippen LogP contribution in [0.2, 0.25) is 0 Å². The predicted octanol–water partition coefficient (Wildman–Crippen LogP) is 4.49. The van der Waals surface area contributed by atoms with Crippen molar-refractivity contribution in [3.05, 3.63) is 47.3 Å². The predicted molar refractivity (Wildman–Crippen MR) is 164 cm³/mol. The van der Waals surface area contributed by atoms with E-state index in [9.17, 15) is 19.1 Å². The summed E-state index contributed by atoms with van der Waals surface area (Å²) in [5.41, 5.74) is 2.18. The second kappa shape index (κ2) is 15.2. The number of nitrogens with zero attached hydrogens (tertiary/aromatic N) is 3. The maximum Gasteiger partial charge on any atom is 0.410 e. The Morgan fingerprint density at radius 2 is 1.81 bits per heavy atom. The molecule has 2 fully saturated rings. The summed E-state index contributed by atoms with van der Waals surface area (Å²) >= 11 is 0. The lowest BCUT2D eigenvalue weighted by Gasteiger charge is -2.33. The average molecular weight is 602 g/mol. The van der Waals surface area contributed by atoms with Crippen LogP contribution in [0.5, 0.6) is 0 Å². The fraction of sp³-hybridized carbons (Fsp3) is 0.636. The Hall–Kier alpha value is -2.95. The smallest absolute Gasteiger partial charge is 0.410 e. The Kier molecular flexibility index (Phi) is 11.6. The van der Waals surface area contributed by atoms with Gasteiger partial charge in [-0.3, -0.25) is 4.79 Å². The molecule has 3 heterocycles. The van der Waals surface area contributed by atoms with E-state index in [0.29, 0.717) is 51.2 Å². The SMILES string of the molecule is C/C(=C\c1cc(F)cc(N2CCO[C@@H](C)C2)c1)[C@H]1OC(=O)C[C@@H](O)CC[C@@H](C)[C@H](OC(=O)N2CCN(C)CC2)/C=C/[C@@H]1C. The second-order valence-corrected chi connectivity index (χ2v) is 12.5. The molecule has 1 aromatic carbocycles. The van der Waals surface area contributed by atoms with Gasteiger partial charge in [0, 0.05) is 50.9 Å². The van der Waals surface area contributed by atoms with Crippen molar-refractivity contribution in [3.63, 3.8) is 0 Å². The van der Waals surface area contributed by atoms with E-state index in [0.717, 1.165) is 24.4 Å². The fourth-order valence-electron chi connectivity index (χ4n) is 5.89. The van der Waals surface area contributed by atoms with Gasteiger partial charge in [0.25, 0.3) is 0 Å². The van der Waals surface area contributed by atoms with E-state index >= 15 is 0 Å². The van der Waals surface area contributed by atoms with Gasteiger partial charge in [-0.25, -0.2) is 9.18 Å². The van der Waals surface area contributed by atoms with E-state index in [2.05, 4.69) is 9.80 Å². The minimum absolute atomic E-state index is 0.0590. The van der Waals surface area contributed by atoms with Crippen molar-refractivity contribution in [2.24, 2.45) is 11.8 Å². The lowest BCUT2D eigenvalue weighted by Crippen LogP contribution is -2.48. The number of morpholine rings is 1. The van der Waals surface area contributed by atoms with Crippen LogP contribution in [0.1, 0.15) is 52.5 Å². The molecular weight excluding hydrogens is 553 g/mol. The van der Waals surface area contributed by atoms with Crippen LogP contribution < -0.4 is 4.90 Å². The van der Waals surface area contributed by atoms with Crippen LogP contribution in [-0.4, -0.2) is 104 Å². The summed E-state index contributed by atoms with van der Waals surface area (Å²) in [4.78, 5) is 31.9. The number of carbonyl (C=O) groups is 2. The number of benzene rings is 1. The van der Waals surface area contributed by atoms with Gasteiger partial charge in [-0.15, -0.1) is 0 Å². The number of hydrogen-bond acceptors (Lipinski definition) is 8. The van der Waals surface area contributed by atoms with E-state index in [-0.39, 0.29) is 36.3 Å². The van der Waals surface area contributed by atoms with Crippen LogP contribution >= 0.6 is 0 Å². The third-order valence-electron chi connectivity index (χ3n) is 8.61. The summed E-state index contributed by atoms with van der Waals surface area (Å²) < 4.78 is 32.3. The minimum atomic E-state index is -0.866. The Morgan fingerprint density at radius 3 is 2.53 bits per heavy atom. The zero-order valence-electron chi connectivity index (χ0n) is 26.2. The largest absolute Gasteiger partial charge is 0.457 e. The number of cyclic esters (lactones) is 1. The van der Waals surface area contributed by atoms with Crippen LogP contribution in [0, 0.1) is 17.7 Å². The Bertz CT molecular complexity index is 1170. The fourth-order valence-corrected chi connectivity index (χ4v) is 5.89. The number of rotatable bonds is 4. The summed E-state index contributed by atoms with van der Waals surface area (Å²) in [6, 6.07) is 4.92. The first-order valence-corrected chi connectivity index (χ1v) is 15.5. The lowest BCUT2D eigenvalue weighted by molar-refractivity contribution is -0.151. The van der Waals surface area contributed by atoms with Crippen molar-refractivity contribution in [2.45, 2.75) is 71.4 Å². The Balaban J connectivity index is 1.56. The molecule has 1 amide bonds. The molecule has 0 unspecified atom stereocenters. The summed E-state index contributed by atoms with van der Waals surface area (Å²) in [5, 5.41) is 10.6. The zero-order chi connectivity index (χ0) is 31.1. The molecule has 10 heteroatoms. The van der Waals surface area contributed by atoms with Crippen LogP contribution in [0.3, 0.4) is 0 Å².